The number of cyclic esters (lactones) is 1. The van der Waals surface area contributed by atoms with Crippen LogP contribution in [0.25, 0.3) is 11.1 Å². The van der Waals surface area contributed by atoms with Crippen molar-refractivity contribution in [3.8, 4) is 0 Å². The lowest BCUT2D eigenvalue weighted by Crippen LogP contribution is -2.26. The highest BCUT2D eigenvalue weighted by Gasteiger charge is 2.43. The van der Waals surface area contributed by atoms with Gasteiger partial charge in [0.15, 0.2) is 9.84 Å². The van der Waals surface area contributed by atoms with Gasteiger partial charge in [-0.2, -0.15) is 0 Å². The Morgan fingerprint density at radius 2 is 1.73 bits per heavy atom. The Labute approximate surface area is 152 Å². The summed E-state index contributed by atoms with van der Waals surface area (Å²) >= 11 is 0. The molecule has 0 saturated carbocycles. The molecule has 0 spiro atoms. The third-order valence-corrected chi connectivity index (χ3v) is 5.79. The Hall–Kier alpha value is -2.47. The zero-order valence-electron chi connectivity index (χ0n) is 14.7. The van der Waals surface area contributed by atoms with E-state index in [0.29, 0.717) is 28.7 Å². The van der Waals surface area contributed by atoms with Gasteiger partial charge in [0.1, 0.15) is 11.4 Å². The highest BCUT2D eigenvalue weighted by molar-refractivity contribution is 7.90. The molecule has 0 bridgehead atoms. The fourth-order valence-corrected chi connectivity index (χ4v) is 3.78. The average Bonchev–Trinajstić information content (AvgIpc) is 2.85. The number of hydrogen-bond acceptors (Lipinski definition) is 4. The van der Waals surface area contributed by atoms with Crippen molar-refractivity contribution in [3.63, 3.8) is 0 Å². The van der Waals surface area contributed by atoms with Gasteiger partial charge in [0.05, 0.1) is 10.5 Å². The molecule has 2 aromatic rings. The molecule has 0 N–H and O–H groups in total. The molecule has 1 unspecified atom stereocenters. The Kier molecular flexibility index (Phi) is 4.48. The summed E-state index contributed by atoms with van der Waals surface area (Å²) in [7, 11) is -3.32. The van der Waals surface area contributed by atoms with Crippen LogP contribution in [0.3, 0.4) is 0 Å². The minimum Gasteiger partial charge on any atom is -0.451 e. The van der Waals surface area contributed by atoms with E-state index in [1.54, 1.807) is 25.1 Å². The van der Waals surface area contributed by atoms with Crippen LogP contribution in [0.1, 0.15) is 31.4 Å². The van der Waals surface area contributed by atoms with Gasteiger partial charge < -0.3 is 4.74 Å². The van der Waals surface area contributed by atoms with Gasteiger partial charge in [0.25, 0.3) is 0 Å². The van der Waals surface area contributed by atoms with E-state index < -0.39 is 27.2 Å². The Morgan fingerprint density at radius 3 is 2.27 bits per heavy atom. The van der Waals surface area contributed by atoms with Crippen molar-refractivity contribution < 1.29 is 22.3 Å². The summed E-state index contributed by atoms with van der Waals surface area (Å²) in [6, 6.07) is 12.1. The van der Waals surface area contributed by atoms with Crippen molar-refractivity contribution in [1.82, 2.24) is 0 Å². The highest BCUT2D eigenvalue weighted by Crippen LogP contribution is 2.45. The fourth-order valence-electron chi connectivity index (χ4n) is 3.15. The van der Waals surface area contributed by atoms with Crippen molar-refractivity contribution in [3.05, 3.63) is 65.5 Å². The topological polar surface area (TPSA) is 60.4 Å². The third kappa shape index (κ3) is 3.17. The van der Waals surface area contributed by atoms with Gasteiger partial charge in [-0.1, -0.05) is 31.2 Å². The maximum atomic E-state index is 13.7. The largest absolute Gasteiger partial charge is 0.451 e. The van der Waals surface area contributed by atoms with E-state index in [1.165, 1.54) is 30.3 Å². The first kappa shape index (κ1) is 18.3. The summed E-state index contributed by atoms with van der Waals surface area (Å²) < 4.78 is 42.7. The van der Waals surface area contributed by atoms with E-state index >= 15 is 0 Å². The van der Waals surface area contributed by atoms with E-state index in [2.05, 4.69) is 0 Å². The molecule has 4 nitrogen and oxygen atoms in total. The summed E-state index contributed by atoms with van der Waals surface area (Å²) in [5.41, 5.74) is 1.18. The van der Waals surface area contributed by atoms with Gasteiger partial charge in [0, 0.05) is 11.8 Å². The van der Waals surface area contributed by atoms with Crippen LogP contribution in [0, 0.1) is 5.82 Å². The van der Waals surface area contributed by atoms with Gasteiger partial charge >= 0.3 is 5.97 Å². The van der Waals surface area contributed by atoms with Gasteiger partial charge in [-0.3, -0.25) is 0 Å². The zero-order chi connectivity index (χ0) is 19.1. The molecule has 1 aliphatic rings. The molecule has 2 aromatic carbocycles. The lowest BCUT2D eigenvalue weighted by Gasteiger charge is -2.25. The molecule has 3 rings (SSSR count). The van der Waals surface area contributed by atoms with Crippen LogP contribution in [-0.4, -0.2) is 26.2 Å². The van der Waals surface area contributed by atoms with Crippen LogP contribution in [0.4, 0.5) is 4.39 Å². The molecule has 1 heterocycles. The van der Waals surface area contributed by atoms with Crippen LogP contribution in [0.5, 0.6) is 0 Å². The summed E-state index contributed by atoms with van der Waals surface area (Å²) in [6.45, 7) is 3.70. The predicted octanol–water partition coefficient (Wildman–Crippen LogP) is 3.87. The quantitative estimate of drug-likeness (QED) is 0.763. The van der Waals surface area contributed by atoms with Crippen molar-refractivity contribution in [1.29, 1.82) is 0 Å². The molecule has 0 aliphatic carbocycles. The number of esters is 1. The Bertz CT molecular complexity index is 1010. The molecule has 26 heavy (non-hydrogen) atoms. The second-order valence-electron chi connectivity index (χ2n) is 6.53. The van der Waals surface area contributed by atoms with Crippen molar-refractivity contribution in [2.45, 2.75) is 30.8 Å². The molecule has 0 saturated heterocycles. The van der Waals surface area contributed by atoms with E-state index in [9.17, 15) is 17.6 Å². The zero-order valence-corrected chi connectivity index (χ0v) is 15.6. The van der Waals surface area contributed by atoms with Crippen molar-refractivity contribution >= 4 is 27.0 Å². The maximum Gasteiger partial charge on any atom is 0.340 e. The second-order valence-corrected chi connectivity index (χ2v) is 8.55. The minimum atomic E-state index is -3.32. The summed E-state index contributed by atoms with van der Waals surface area (Å²) in [4.78, 5) is 12.8. The molecule has 1 aliphatic heterocycles. The maximum absolute atomic E-state index is 13.7. The smallest absolute Gasteiger partial charge is 0.340 e. The molecule has 0 aromatic heterocycles. The first-order chi connectivity index (χ1) is 12.2. The number of rotatable bonds is 4. The number of benzene rings is 2. The average molecular weight is 374 g/mol. The predicted molar refractivity (Wildman–Crippen MR) is 97.6 cm³/mol. The molecule has 136 valence electrons. The fraction of sp³-hybridized carbons (Fsp3) is 0.250. The third-order valence-electron chi connectivity index (χ3n) is 4.66. The van der Waals surface area contributed by atoms with Crippen LogP contribution >= 0.6 is 0 Å². The van der Waals surface area contributed by atoms with Gasteiger partial charge in [-0.15, -0.1) is 0 Å². The highest BCUT2D eigenvalue weighted by atomic mass is 32.2. The standard InChI is InChI=1S/C20H19FO4S/c1-4-20(2)18(13-8-10-16(11-9-13)26(3,23)24)17(19(22)25-20)14-6-5-7-15(21)12-14/h5-12H,4H2,1-3H3. The molecular formula is C20H19FO4S. The minimum absolute atomic E-state index is 0.192. The summed E-state index contributed by atoms with van der Waals surface area (Å²) in [6.07, 6.45) is 1.67. The number of ether oxygens (including phenoxy) is 1. The van der Waals surface area contributed by atoms with Gasteiger partial charge in [-0.25, -0.2) is 17.6 Å². The molecule has 0 fully saturated rings. The normalized spacial score (nSPS) is 20.4. The Morgan fingerprint density at radius 1 is 1.08 bits per heavy atom. The first-order valence-corrected chi connectivity index (χ1v) is 10.1. The number of halogens is 1. The van der Waals surface area contributed by atoms with Crippen molar-refractivity contribution in [2.75, 3.05) is 6.26 Å². The van der Waals surface area contributed by atoms with Crippen LogP contribution in [0.2, 0.25) is 0 Å². The van der Waals surface area contributed by atoms with E-state index in [1.807, 2.05) is 6.92 Å². The van der Waals surface area contributed by atoms with Crippen LogP contribution in [-0.2, 0) is 19.4 Å². The summed E-state index contributed by atoms with van der Waals surface area (Å²) in [5.74, 6) is -0.957. The lowest BCUT2D eigenvalue weighted by atomic mass is 9.84. The number of hydrogen-bond donors (Lipinski definition) is 0. The number of sulfone groups is 1. The molecule has 0 radical (unpaired) electrons. The summed E-state index contributed by atoms with van der Waals surface area (Å²) in [5, 5.41) is 0. The van der Waals surface area contributed by atoms with Crippen molar-refractivity contribution in [2.24, 2.45) is 0 Å². The SMILES string of the molecule is CCC1(C)OC(=O)C(c2cccc(F)c2)=C1c1ccc(S(C)(=O)=O)cc1. The van der Waals surface area contributed by atoms with Crippen LogP contribution in [0.15, 0.2) is 53.4 Å². The van der Waals surface area contributed by atoms with E-state index in [0.717, 1.165) is 6.26 Å². The molecular weight excluding hydrogens is 355 g/mol. The van der Waals surface area contributed by atoms with E-state index in [-0.39, 0.29) is 4.90 Å². The first-order valence-electron chi connectivity index (χ1n) is 8.20. The lowest BCUT2D eigenvalue weighted by molar-refractivity contribution is -0.143. The van der Waals surface area contributed by atoms with E-state index in [4.69, 9.17) is 4.74 Å². The van der Waals surface area contributed by atoms with Gasteiger partial charge in [-0.05, 0) is 48.7 Å². The monoisotopic (exact) mass is 374 g/mol. The number of carbonyl (C=O) groups excluding carboxylic acids is 1. The second kappa shape index (κ2) is 6.36. The molecule has 1 atom stereocenters. The molecule has 6 heteroatoms. The number of carbonyl (C=O) groups is 1. The van der Waals surface area contributed by atoms with Gasteiger partial charge in [0.2, 0.25) is 0 Å². The molecule has 0 amide bonds. The van der Waals surface area contributed by atoms with Crippen LogP contribution < -0.4 is 0 Å². The Balaban J connectivity index is 2.25.